The zero-order chi connectivity index (χ0) is 13.6. The van der Waals surface area contributed by atoms with Crippen LogP contribution in [0.4, 0.5) is 0 Å². The molecule has 18 heavy (non-hydrogen) atoms. The fourth-order valence-electron chi connectivity index (χ4n) is 1.71. The predicted octanol–water partition coefficient (Wildman–Crippen LogP) is 0.626. The standard InChI is InChI=1S/C13H26N2O3/c1-4-13(2,3)9-11(17)14-6-7-15-12-10(18-12)5-8-16/h10,12,15-16H,4-9H2,1-3H3,(H,14,17). The highest BCUT2D eigenvalue weighted by Gasteiger charge is 2.37. The van der Waals surface area contributed by atoms with Gasteiger partial charge in [0.1, 0.15) is 12.3 Å². The van der Waals surface area contributed by atoms with Crippen LogP contribution in [0.1, 0.15) is 40.0 Å². The Morgan fingerprint density at radius 3 is 2.72 bits per heavy atom. The number of epoxide rings is 1. The molecule has 5 heteroatoms. The van der Waals surface area contributed by atoms with Gasteiger partial charge in [-0.3, -0.25) is 10.1 Å². The molecule has 0 aromatic heterocycles. The third-order valence-corrected chi connectivity index (χ3v) is 3.38. The fourth-order valence-corrected chi connectivity index (χ4v) is 1.71. The Bertz CT molecular complexity index is 269. The summed E-state index contributed by atoms with van der Waals surface area (Å²) in [6.45, 7) is 7.77. The minimum atomic E-state index is 0.0566. The van der Waals surface area contributed by atoms with Gasteiger partial charge in [0, 0.05) is 32.5 Å². The molecule has 0 spiro atoms. The van der Waals surface area contributed by atoms with E-state index >= 15 is 0 Å². The normalized spacial score (nSPS) is 22.9. The van der Waals surface area contributed by atoms with Crippen molar-refractivity contribution in [2.45, 2.75) is 52.4 Å². The maximum atomic E-state index is 11.6. The van der Waals surface area contributed by atoms with Gasteiger partial charge < -0.3 is 15.2 Å². The van der Waals surface area contributed by atoms with Crippen LogP contribution in [0.2, 0.25) is 0 Å². The molecule has 0 aliphatic carbocycles. The van der Waals surface area contributed by atoms with Gasteiger partial charge in [-0.05, 0) is 5.41 Å². The SMILES string of the molecule is CCC(C)(C)CC(=O)NCCNC1OC1CCO. The molecule has 3 N–H and O–H groups in total. The van der Waals surface area contributed by atoms with Gasteiger partial charge in [-0.25, -0.2) is 0 Å². The Balaban J connectivity index is 2.00. The Labute approximate surface area is 109 Å². The largest absolute Gasteiger partial charge is 0.396 e. The number of nitrogens with one attached hydrogen (secondary N) is 2. The minimum Gasteiger partial charge on any atom is -0.396 e. The highest BCUT2D eigenvalue weighted by Crippen LogP contribution is 2.24. The van der Waals surface area contributed by atoms with Crippen LogP contribution in [-0.4, -0.2) is 43.0 Å². The van der Waals surface area contributed by atoms with E-state index in [4.69, 9.17) is 9.84 Å². The fraction of sp³-hybridized carbons (Fsp3) is 0.923. The highest BCUT2D eigenvalue weighted by molar-refractivity contribution is 5.76. The number of rotatable bonds is 9. The molecule has 1 rings (SSSR count). The number of aliphatic hydroxyl groups is 1. The molecule has 1 saturated heterocycles. The minimum absolute atomic E-state index is 0.0566. The molecule has 2 atom stereocenters. The van der Waals surface area contributed by atoms with E-state index in [1.54, 1.807) is 0 Å². The Morgan fingerprint density at radius 2 is 2.11 bits per heavy atom. The van der Waals surface area contributed by atoms with Crippen molar-refractivity contribution in [3.8, 4) is 0 Å². The molecule has 1 aliphatic rings. The topological polar surface area (TPSA) is 73.9 Å². The van der Waals surface area contributed by atoms with Gasteiger partial charge in [0.25, 0.3) is 0 Å². The quantitative estimate of drug-likeness (QED) is 0.419. The summed E-state index contributed by atoms with van der Waals surface area (Å²) in [5.41, 5.74) is 0.0728. The number of hydrogen-bond donors (Lipinski definition) is 3. The monoisotopic (exact) mass is 258 g/mol. The summed E-state index contributed by atoms with van der Waals surface area (Å²) in [7, 11) is 0. The maximum Gasteiger partial charge on any atom is 0.220 e. The molecule has 0 radical (unpaired) electrons. The van der Waals surface area contributed by atoms with Crippen LogP contribution in [-0.2, 0) is 9.53 Å². The van der Waals surface area contributed by atoms with E-state index in [1.807, 2.05) is 0 Å². The number of aliphatic hydroxyl groups excluding tert-OH is 1. The first-order valence-corrected chi connectivity index (χ1v) is 6.75. The average molecular weight is 258 g/mol. The van der Waals surface area contributed by atoms with Crippen molar-refractivity contribution in [2.75, 3.05) is 19.7 Å². The van der Waals surface area contributed by atoms with Crippen LogP contribution < -0.4 is 10.6 Å². The predicted molar refractivity (Wildman–Crippen MR) is 70.1 cm³/mol. The Kier molecular flexibility index (Phi) is 6.05. The molecular weight excluding hydrogens is 232 g/mol. The van der Waals surface area contributed by atoms with Gasteiger partial charge in [-0.1, -0.05) is 27.2 Å². The first-order chi connectivity index (χ1) is 8.48. The lowest BCUT2D eigenvalue weighted by molar-refractivity contribution is -0.123. The second-order valence-corrected chi connectivity index (χ2v) is 5.61. The Hall–Kier alpha value is -0.650. The summed E-state index contributed by atoms with van der Waals surface area (Å²) >= 11 is 0. The van der Waals surface area contributed by atoms with E-state index in [2.05, 4.69) is 31.4 Å². The van der Waals surface area contributed by atoms with E-state index in [1.165, 1.54) is 0 Å². The maximum absolute atomic E-state index is 11.6. The lowest BCUT2D eigenvalue weighted by atomic mass is 9.86. The van der Waals surface area contributed by atoms with E-state index < -0.39 is 0 Å². The van der Waals surface area contributed by atoms with E-state index in [0.717, 1.165) is 6.42 Å². The molecule has 1 heterocycles. The molecule has 1 amide bonds. The molecule has 0 saturated carbocycles. The third-order valence-electron chi connectivity index (χ3n) is 3.38. The summed E-state index contributed by atoms with van der Waals surface area (Å²) in [6, 6.07) is 0. The summed E-state index contributed by atoms with van der Waals surface area (Å²) in [4.78, 5) is 11.6. The van der Waals surface area contributed by atoms with Crippen LogP contribution in [0.15, 0.2) is 0 Å². The van der Waals surface area contributed by atoms with Gasteiger partial charge in [0.05, 0.1) is 0 Å². The average Bonchev–Trinajstić information content (AvgIpc) is 3.03. The third kappa shape index (κ3) is 5.80. The van der Waals surface area contributed by atoms with Crippen LogP contribution in [0.5, 0.6) is 0 Å². The molecule has 5 nitrogen and oxygen atoms in total. The van der Waals surface area contributed by atoms with E-state index in [-0.39, 0.29) is 30.3 Å². The van der Waals surface area contributed by atoms with Crippen molar-refractivity contribution in [3.63, 3.8) is 0 Å². The van der Waals surface area contributed by atoms with Crippen LogP contribution >= 0.6 is 0 Å². The lowest BCUT2D eigenvalue weighted by Crippen LogP contribution is -2.35. The van der Waals surface area contributed by atoms with Gasteiger partial charge in [-0.2, -0.15) is 0 Å². The molecule has 1 aliphatic heterocycles. The molecule has 0 bridgehead atoms. The van der Waals surface area contributed by atoms with Crippen molar-refractivity contribution in [1.29, 1.82) is 0 Å². The number of carbonyl (C=O) groups excluding carboxylic acids is 1. The lowest BCUT2D eigenvalue weighted by Gasteiger charge is -2.21. The van der Waals surface area contributed by atoms with Gasteiger partial charge in [-0.15, -0.1) is 0 Å². The molecule has 2 unspecified atom stereocenters. The molecule has 106 valence electrons. The second-order valence-electron chi connectivity index (χ2n) is 5.61. The van der Waals surface area contributed by atoms with Crippen molar-refractivity contribution >= 4 is 5.91 Å². The first kappa shape index (κ1) is 15.4. The summed E-state index contributed by atoms with van der Waals surface area (Å²) in [5, 5.41) is 14.8. The van der Waals surface area contributed by atoms with Crippen LogP contribution in [0.25, 0.3) is 0 Å². The highest BCUT2D eigenvalue weighted by atomic mass is 16.6. The van der Waals surface area contributed by atoms with Gasteiger partial charge in [0.15, 0.2) is 0 Å². The van der Waals surface area contributed by atoms with E-state index in [0.29, 0.717) is 25.9 Å². The zero-order valence-electron chi connectivity index (χ0n) is 11.7. The number of carbonyl (C=O) groups is 1. The molecule has 0 aromatic rings. The molecule has 1 fully saturated rings. The number of hydrogen-bond acceptors (Lipinski definition) is 4. The Morgan fingerprint density at radius 1 is 1.39 bits per heavy atom. The summed E-state index contributed by atoms with van der Waals surface area (Å²) in [5.74, 6) is 0.104. The number of amides is 1. The molecular formula is C13H26N2O3. The van der Waals surface area contributed by atoms with E-state index in [9.17, 15) is 4.79 Å². The number of ether oxygens (including phenoxy) is 1. The molecule has 0 aromatic carbocycles. The first-order valence-electron chi connectivity index (χ1n) is 6.75. The van der Waals surface area contributed by atoms with Crippen molar-refractivity contribution < 1.29 is 14.6 Å². The zero-order valence-corrected chi connectivity index (χ0v) is 11.7. The smallest absolute Gasteiger partial charge is 0.220 e. The summed E-state index contributed by atoms with van der Waals surface area (Å²) in [6.07, 6.45) is 2.44. The van der Waals surface area contributed by atoms with Crippen molar-refractivity contribution in [3.05, 3.63) is 0 Å². The van der Waals surface area contributed by atoms with Crippen molar-refractivity contribution in [1.82, 2.24) is 10.6 Å². The second kappa shape index (κ2) is 7.07. The van der Waals surface area contributed by atoms with Crippen molar-refractivity contribution in [2.24, 2.45) is 5.41 Å². The van der Waals surface area contributed by atoms with Gasteiger partial charge in [0.2, 0.25) is 5.91 Å². The summed E-state index contributed by atoms with van der Waals surface area (Å²) < 4.78 is 5.28. The van der Waals surface area contributed by atoms with Gasteiger partial charge >= 0.3 is 0 Å². The van der Waals surface area contributed by atoms with Crippen LogP contribution in [0, 0.1) is 5.41 Å². The van der Waals surface area contributed by atoms with Crippen LogP contribution in [0.3, 0.4) is 0 Å².